The molecule has 0 atom stereocenters. The van der Waals surface area contributed by atoms with Gasteiger partial charge in [-0.2, -0.15) is 0 Å². The van der Waals surface area contributed by atoms with Crippen LogP contribution in [0.15, 0.2) is 24.3 Å². The second-order valence-electron chi connectivity index (χ2n) is 4.03. The number of hydrogen-bond donors (Lipinski definition) is 2. The molecule has 0 saturated carbocycles. The molecule has 0 unspecified atom stereocenters. The molecule has 0 aliphatic carbocycles. The van der Waals surface area contributed by atoms with Crippen LogP contribution in [0.3, 0.4) is 0 Å². The van der Waals surface area contributed by atoms with E-state index in [0.717, 1.165) is 17.3 Å². The third-order valence-electron chi connectivity index (χ3n) is 2.79. The highest BCUT2D eigenvalue weighted by Gasteiger charge is 2.09. The van der Waals surface area contributed by atoms with Gasteiger partial charge >= 0.3 is 0 Å². The first-order valence-corrected chi connectivity index (χ1v) is 5.54. The van der Waals surface area contributed by atoms with E-state index in [0.29, 0.717) is 18.7 Å². The van der Waals surface area contributed by atoms with E-state index < -0.39 is 0 Å². The molecular weight excluding hydrogens is 200 g/mol. The lowest BCUT2D eigenvalue weighted by Crippen LogP contribution is -2.04. The maximum Gasteiger partial charge on any atom is 0.179 e. The van der Waals surface area contributed by atoms with Crippen molar-refractivity contribution in [3.63, 3.8) is 0 Å². The number of ketones is 1. The maximum atomic E-state index is 11.8. The van der Waals surface area contributed by atoms with Crippen molar-refractivity contribution in [3.8, 4) is 0 Å². The Labute approximate surface area is 94.6 Å². The fraction of sp³-hybridized carbons (Fsp3) is 0.308. The Morgan fingerprint density at radius 2 is 2.25 bits per heavy atom. The van der Waals surface area contributed by atoms with Crippen molar-refractivity contribution in [3.05, 3.63) is 35.5 Å². The van der Waals surface area contributed by atoms with E-state index in [-0.39, 0.29) is 5.78 Å². The molecule has 1 aromatic carbocycles. The Bertz CT molecular complexity index is 514. The molecule has 1 aromatic heterocycles. The lowest BCUT2D eigenvalue weighted by molar-refractivity contribution is 0.0977. The number of nitrogens with one attached hydrogen (secondary N) is 1. The second-order valence-corrected chi connectivity index (χ2v) is 4.03. The van der Waals surface area contributed by atoms with Gasteiger partial charge in [0.1, 0.15) is 0 Å². The Hall–Kier alpha value is -1.61. The number of H-pyrrole nitrogens is 1. The number of rotatable bonds is 4. The Balaban J connectivity index is 2.32. The molecule has 0 saturated heterocycles. The molecule has 1 heterocycles. The molecule has 0 spiro atoms. The van der Waals surface area contributed by atoms with Crippen molar-refractivity contribution in [1.29, 1.82) is 0 Å². The summed E-state index contributed by atoms with van der Waals surface area (Å²) < 4.78 is 0. The average Bonchev–Trinajstić information content (AvgIpc) is 2.71. The molecule has 3 heteroatoms. The van der Waals surface area contributed by atoms with E-state index in [1.165, 1.54) is 5.56 Å². The van der Waals surface area contributed by atoms with E-state index in [2.05, 4.69) is 4.98 Å². The van der Waals surface area contributed by atoms with Gasteiger partial charge in [0, 0.05) is 17.3 Å². The zero-order valence-corrected chi connectivity index (χ0v) is 9.42. The van der Waals surface area contributed by atoms with Crippen LogP contribution < -0.4 is 5.73 Å². The summed E-state index contributed by atoms with van der Waals surface area (Å²) in [6.07, 6.45) is 1.26. The first kappa shape index (κ1) is 10.9. The lowest BCUT2D eigenvalue weighted by atomic mass is 10.1. The molecule has 0 aliphatic heterocycles. The fourth-order valence-electron chi connectivity index (χ4n) is 1.85. The summed E-state index contributed by atoms with van der Waals surface area (Å²) in [6.45, 7) is 2.61. The van der Waals surface area contributed by atoms with Crippen LogP contribution in [-0.2, 0) is 0 Å². The van der Waals surface area contributed by atoms with Crippen LogP contribution in [0.4, 0.5) is 0 Å². The van der Waals surface area contributed by atoms with Gasteiger partial charge in [-0.15, -0.1) is 0 Å². The summed E-state index contributed by atoms with van der Waals surface area (Å²) in [7, 11) is 0. The monoisotopic (exact) mass is 216 g/mol. The molecule has 2 rings (SSSR count). The first-order valence-electron chi connectivity index (χ1n) is 5.54. The zero-order chi connectivity index (χ0) is 11.5. The topological polar surface area (TPSA) is 58.9 Å². The minimum Gasteiger partial charge on any atom is -0.352 e. The number of aryl methyl sites for hydroxylation is 1. The number of carbonyl (C=O) groups is 1. The quantitative estimate of drug-likeness (QED) is 0.771. The lowest BCUT2D eigenvalue weighted by Gasteiger charge is -1.94. The molecule has 0 radical (unpaired) electrons. The third kappa shape index (κ3) is 1.99. The molecule has 3 N–H and O–H groups in total. The normalized spacial score (nSPS) is 10.9. The zero-order valence-electron chi connectivity index (χ0n) is 9.42. The van der Waals surface area contributed by atoms with E-state index in [4.69, 9.17) is 5.73 Å². The SMILES string of the molecule is Cc1cccc2[nH]c(C(=O)CCCN)cc12. The standard InChI is InChI=1S/C13H16N2O/c1-9-4-2-5-11-10(9)8-12(15-11)13(16)6-3-7-14/h2,4-5,8,15H,3,6-7,14H2,1H3. The Morgan fingerprint density at radius 1 is 1.44 bits per heavy atom. The molecule has 0 aliphatic rings. The van der Waals surface area contributed by atoms with Crippen LogP contribution in [0.1, 0.15) is 28.9 Å². The predicted octanol–water partition coefficient (Wildman–Crippen LogP) is 2.40. The maximum absolute atomic E-state index is 11.8. The number of hydrogen-bond acceptors (Lipinski definition) is 2. The number of benzene rings is 1. The van der Waals surface area contributed by atoms with Crippen molar-refractivity contribution in [2.45, 2.75) is 19.8 Å². The van der Waals surface area contributed by atoms with Crippen LogP contribution in [0.25, 0.3) is 10.9 Å². The highest BCUT2D eigenvalue weighted by atomic mass is 16.1. The molecule has 16 heavy (non-hydrogen) atoms. The molecule has 84 valence electrons. The summed E-state index contributed by atoms with van der Waals surface area (Å²) in [4.78, 5) is 15.0. The Morgan fingerprint density at radius 3 is 2.94 bits per heavy atom. The minimum absolute atomic E-state index is 0.140. The first-order chi connectivity index (χ1) is 7.72. The smallest absolute Gasteiger partial charge is 0.179 e. The summed E-state index contributed by atoms with van der Waals surface area (Å²) in [5, 5.41) is 1.12. The van der Waals surface area contributed by atoms with Gasteiger partial charge in [0.05, 0.1) is 5.69 Å². The summed E-state index contributed by atoms with van der Waals surface area (Å²) in [5.41, 5.74) is 8.29. The number of fused-ring (bicyclic) bond motifs is 1. The van der Waals surface area contributed by atoms with E-state index >= 15 is 0 Å². The highest BCUT2D eigenvalue weighted by Crippen LogP contribution is 2.20. The Kier molecular flexibility index (Phi) is 3.06. The molecule has 2 aromatic rings. The van der Waals surface area contributed by atoms with Crippen LogP contribution in [-0.4, -0.2) is 17.3 Å². The second kappa shape index (κ2) is 4.49. The van der Waals surface area contributed by atoms with Crippen molar-refractivity contribution < 1.29 is 4.79 Å². The summed E-state index contributed by atoms with van der Waals surface area (Å²) in [5.74, 6) is 0.140. The predicted molar refractivity (Wildman–Crippen MR) is 65.7 cm³/mol. The van der Waals surface area contributed by atoms with E-state index in [9.17, 15) is 4.79 Å². The number of aromatic nitrogens is 1. The molecule has 0 amide bonds. The van der Waals surface area contributed by atoms with Crippen LogP contribution in [0.5, 0.6) is 0 Å². The van der Waals surface area contributed by atoms with Gasteiger partial charge < -0.3 is 10.7 Å². The highest BCUT2D eigenvalue weighted by molar-refractivity contribution is 6.00. The van der Waals surface area contributed by atoms with Gasteiger partial charge in [0.25, 0.3) is 0 Å². The van der Waals surface area contributed by atoms with E-state index in [1.54, 1.807) is 0 Å². The number of nitrogens with two attached hydrogens (primary N) is 1. The largest absolute Gasteiger partial charge is 0.352 e. The summed E-state index contributed by atoms with van der Waals surface area (Å²) in [6, 6.07) is 7.96. The van der Waals surface area contributed by atoms with Gasteiger partial charge in [0.15, 0.2) is 5.78 Å². The van der Waals surface area contributed by atoms with Crippen LogP contribution in [0, 0.1) is 6.92 Å². The molecular formula is C13H16N2O. The van der Waals surface area contributed by atoms with E-state index in [1.807, 2.05) is 31.2 Å². The number of Topliss-reactive ketones (excluding diaryl/α,β-unsaturated/α-hetero) is 1. The van der Waals surface area contributed by atoms with Gasteiger partial charge in [-0.3, -0.25) is 4.79 Å². The number of carbonyl (C=O) groups excluding carboxylic acids is 1. The van der Waals surface area contributed by atoms with Crippen molar-refractivity contribution >= 4 is 16.7 Å². The van der Waals surface area contributed by atoms with Gasteiger partial charge in [-0.1, -0.05) is 12.1 Å². The van der Waals surface area contributed by atoms with Crippen molar-refractivity contribution in [2.75, 3.05) is 6.54 Å². The van der Waals surface area contributed by atoms with Crippen LogP contribution >= 0.6 is 0 Å². The molecule has 3 nitrogen and oxygen atoms in total. The minimum atomic E-state index is 0.140. The van der Waals surface area contributed by atoms with Gasteiger partial charge in [0.2, 0.25) is 0 Å². The third-order valence-corrected chi connectivity index (χ3v) is 2.79. The average molecular weight is 216 g/mol. The summed E-state index contributed by atoms with van der Waals surface area (Å²) >= 11 is 0. The van der Waals surface area contributed by atoms with Gasteiger partial charge in [-0.05, 0) is 37.6 Å². The molecule has 0 bridgehead atoms. The van der Waals surface area contributed by atoms with Gasteiger partial charge in [-0.25, -0.2) is 0 Å². The molecule has 0 fully saturated rings. The number of aromatic amines is 1. The van der Waals surface area contributed by atoms with Crippen molar-refractivity contribution in [1.82, 2.24) is 4.98 Å². The van der Waals surface area contributed by atoms with Crippen LogP contribution in [0.2, 0.25) is 0 Å². The van der Waals surface area contributed by atoms with Crippen molar-refractivity contribution in [2.24, 2.45) is 5.73 Å². The fourth-order valence-corrected chi connectivity index (χ4v) is 1.85.